The van der Waals surface area contributed by atoms with E-state index in [2.05, 4.69) is 10.6 Å². The Balaban J connectivity index is 0.00000392. The standard InChI is InChI=1S/C18H28N4O4S.ClH/c1-15-3-5-16(6-4-15)27(25,26)22-13-11-21(12-14-22)18(24)8-7-17(23)20-10-9-19-2;/h3-6,19H,7-14H2,1-2H3,(H,20,23);1H. The predicted molar refractivity (Wildman–Crippen MR) is 110 cm³/mol. The van der Waals surface area contributed by atoms with Gasteiger partial charge < -0.3 is 15.5 Å². The fourth-order valence-electron chi connectivity index (χ4n) is 2.83. The molecule has 0 aliphatic carbocycles. The van der Waals surface area contributed by atoms with Gasteiger partial charge in [-0.15, -0.1) is 12.4 Å². The summed E-state index contributed by atoms with van der Waals surface area (Å²) >= 11 is 0. The van der Waals surface area contributed by atoms with Crippen molar-refractivity contribution >= 4 is 34.2 Å². The van der Waals surface area contributed by atoms with E-state index in [-0.39, 0.29) is 55.0 Å². The first-order valence-corrected chi connectivity index (χ1v) is 10.5. The molecule has 1 aromatic rings. The van der Waals surface area contributed by atoms with Gasteiger partial charge in [-0.05, 0) is 26.1 Å². The van der Waals surface area contributed by atoms with Gasteiger partial charge in [-0.3, -0.25) is 9.59 Å². The van der Waals surface area contributed by atoms with Crippen molar-refractivity contribution in [3.8, 4) is 0 Å². The lowest BCUT2D eigenvalue weighted by Crippen LogP contribution is -2.50. The van der Waals surface area contributed by atoms with Crippen molar-refractivity contribution in [2.45, 2.75) is 24.7 Å². The molecular formula is C18H29ClN4O4S. The Bertz CT molecular complexity index is 747. The van der Waals surface area contributed by atoms with Crippen LogP contribution in [-0.4, -0.2) is 75.8 Å². The molecule has 2 N–H and O–H groups in total. The molecule has 1 aliphatic rings. The van der Waals surface area contributed by atoms with Gasteiger partial charge in [0.05, 0.1) is 4.90 Å². The molecule has 1 saturated heterocycles. The minimum atomic E-state index is -3.54. The highest BCUT2D eigenvalue weighted by atomic mass is 35.5. The second kappa shape index (κ2) is 11.4. The Kier molecular flexibility index (Phi) is 9.88. The number of sulfonamides is 1. The number of rotatable bonds is 8. The predicted octanol–water partition coefficient (Wildman–Crippen LogP) is 0.366. The fourth-order valence-corrected chi connectivity index (χ4v) is 4.25. The lowest BCUT2D eigenvalue weighted by molar-refractivity contribution is -0.134. The zero-order chi connectivity index (χ0) is 19.9. The van der Waals surface area contributed by atoms with Gasteiger partial charge >= 0.3 is 0 Å². The smallest absolute Gasteiger partial charge is 0.243 e. The first-order valence-electron chi connectivity index (χ1n) is 9.10. The summed E-state index contributed by atoms with van der Waals surface area (Å²) in [6, 6.07) is 6.76. The number of carbonyl (C=O) groups is 2. The fraction of sp³-hybridized carbons (Fsp3) is 0.556. The molecule has 28 heavy (non-hydrogen) atoms. The lowest BCUT2D eigenvalue weighted by Gasteiger charge is -2.34. The maximum absolute atomic E-state index is 12.7. The molecule has 0 unspecified atom stereocenters. The van der Waals surface area contributed by atoms with Gasteiger partial charge in [-0.1, -0.05) is 17.7 Å². The van der Waals surface area contributed by atoms with E-state index in [0.717, 1.165) is 5.56 Å². The monoisotopic (exact) mass is 432 g/mol. The van der Waals surface area contributed by atoms with Crippen LogP contribution in [0.3, 0.4) is 0 Å². The van der Waals surface area contributed by atoms with Crippen molar-refractivity contribution in [1.29, 1.82) is 0 Å². The highest BCUT2D eigenvalue weighted by Gasteiger charge is 2.30. The van der Waals surface area contributed by atoms with Crippen molar-refractivity contribution in [1.82, 2.24) is 19.8 Å². The van der Waals surface area contributed by atoms with E-state index in [1.54, 1.807) is 36.2 Å². The minimum absolute atomic E-state index is 0. The van der Waals surface area contributed by atoms with Gasteiger partial charge in [0.1, 0.15) is 0 Å². The number of piperazine rings is 1. The summed E-state index contributed by atoms with van der Waals surface area (Å²) in [7, 11) is -1.74. The van der Waals surface area contributed by atoms with Gasteiger partial charge in [0.2, 0.25) is 21.8 Å². The van der Waals surface area contributed by atoms with E-state index in [1.807, 2.05) is 6.92 Å². The third kappa shape index (κ3) is 6.73. The summed E-state index contributed by atoms with van der Waals surface area (Å²) in [4.78, 5) is 25.8. The number of nitrogens with zero attached hydrogens (tertiary/aromatic N) is 2. The van der Waals surface area contributed by atoms with E-state index in [0.29, 0.717) is 26.2 Å². The number of carbonyl (C=O) groups excluding carboxylic acids is 2. The second-order valence-corrected chi connectivity index (χ2v) is 8.49. The third-order valence-corrected chi connectivity index (χ3v) is 6.43. The minimum Gasteiger partial charge on any atom is -0.355 e. The van der Waals surface area contributed by atoms with Crippen LogP contribution in [0.25, 0.3) is 0 Å². The largest absolute Gasteiger partial charge is 0.355 e. The summed E-state index contributed by atoms with van der Waals surface area (Å²) < 4.78 is 26.8. The zero-order valence-corrected chi connectivity index (χ0v) is 17.9. The van der Waals surface area contributed by atoms with Crippen molar-refractivity contribution in [2.75, 3.05) is 46.3 Å². The van der Waals surface area contributed by atoms with Gasteiger partial charge in [-0.2, -0.15) is 4.31 Å². The van der Waals surface area contributed by atoms with E-state index in [9.17, 15) is 18.0 Å². The quantitative estimate of drug-likeness (QED) is 0.578. The molecule has 0 aromatic heterocycles. The van der Waals surface area contributed by atoms with Crippen molar-refractivity contribution in [3.63, 3.8) is 0 Å². The van der Waals surface area contributed by atoms with E-state index in [4.69, 9.17) is 0 Å². The number of nitrogens with one attached hydrogen (secondary N) is 2. The topological polar surface area (TPSA) is 98.8 Å². The molecule has 1 aliphatic heterocycles. The van der Waals surface area contributed by atoms with Crippen LogP contribution in [0.1, 0.15) is 18.4 Å². The summed E-state index contributed by atoms with van der Waals surface area (Å²) in [5, 5.41) is 5.66. The Hall–Kier alpha value is -1.68. The number of hydrogen-bond donors (Lipinski definition) is 2. The summed E-state index contributed by atoms with van der Waals surface area (Å²) in [6.07, 6.45) is 0.278. The number of halogens is 1. The normalized spacial score (nSPS) is 15.0. The number of hydrogen-bond acceptors (Lipinski definition) is 5. The van der Waals surface area contributed by atoms with Crippen LogP contribution in [0.2, 0.25) is 0 Å². The van der Waals surface area contributed by atoms with E-state index in [1.165, 1.54) is 4.31 Å². The lowest BCUT2D eigenvalue weighted by atomic mass is 10.2. The first-order chi connectivity index (χ1) is 12.8. The van der Waals surface area contributed by atoms with Gasteiger partial charge in [0.25, 0.3) is 0 Å². The molecule has 1 aromatic carbocycles. The van der Waals surface area contributed by atoms with Crippen LogP contribution in [0.15, 0.2) is 29.2 Å². The van der Waals surface area contributed by atoms with Crippen molar-refractivity contribution < 1.29 is 18.0 Å². The highest BCUT2D eigenvalue weighted by Crippen LogP contribution is 2.18. The first kappa shape index (κ1) is 24.4. The molecule has 0 atom stereocenters. The SMILES string of the molecule is CNCCNC(=O)CCC(=O)N1CCN(S(=O)(=O)c2ccc(C)cc2)CC1.Cl. The van der Waals surface area contributed by atoms with Crippen LogP contribution in [0, 0.1) is 6.92 Å². The average Bonchev–Trinajstić information content (AvgIpc) is 2.67. The van der Waals surface area contributed by atoms with E-state index >= 15 is 0 Å². The highest BCUT2D eigenvalue weighted by molar-refractivity contribution is 7.89. The Morgan fingerprint density at radius 3 is 2.18 bits per heavy atom. The number of benzene rings is 1. The van der Waals surface area contributed by atoms with Gasteiger partial charge in [-0.25, -0.2) is 8.42 Å². The molecule has 1 fully saturated rings. The second-order valence-electron chi connectivity index (χ2n) is 6.55. The molecule has 10 heteroatoms. The average molecular weight is 433 g/mol. The Morgan fingerprint density at radius 1 is 1.00 bits per heavy atom. The number of aryl methyl sites for hydroxylation is 1. The van der Waals surface area contributed by atoms with Crippen LogP contribution in [0.5, 0.6) is 0 Å². The van der Waals surface area contributed by atoms with Crippen LogP contribution in [-0.2, 0) is 19.6 Å². The Labute approximate surface area is 173 Å². The maximum Gasteiger partial charge on any atom is 0.243 e. The van der Waals surface area contributed by atoms with E-state index < -0.39 is 10.0 Å². The summed E-state index contributed by atoms with van der Waals surface area (Å²) in [5.41, 5.74) is 0.999. The van der Waals surface area contributed by atoms with Crippen LogP contribution < -0.4 is 10.6 Å². The van der Waals surface area contributed by atoms with Gasteiger partial charge in [0, 0.05) is 52.1 Å². The Morgan fingerprint density at radius 2 is 1.61 bits per heavy atom. The van der Waals surface area contributed by atoms with Crippen molar-refractivity contribution in [3.05, 3.63) is 29.8 Å². The third-order valence-electron chi connectivity index (χ3n) is 4.51. The molecule has 158 valence electrons. The molecule has 0 saturated carbocycles. The zero-order valence-electron chi connectivity index (χ0n) is 16.3. The van der Waals surface area contributed by atoms with Crippen LogP contribution in [0.4, 0.5) is 0 Å². The van der Waals surface area contributed by atoms with Crippen LogP contribution >= 0.6 is 12.4 Å². The number of amides is 2. The number of likely N-dealkylation sites (N-methyl/N-ethyl adjacent to an activating group) is 1. The molecular weight excluding hydrogens is 404 g/mol. The molecule has 2 amide bonds. The summed E-state index contributed by atoms with van der Waals surface area (Å²) in [5.74, 6) is -0.273. The molecule has 8 nitrogen and oxygen atoms in total. The molecule has 1 heterocycles. The maximum atomic E-state index is 12.7. The molecule has 0 spiro atoms. The molecule has 2 rings (SSSR count). The molecule has 0 bridgehead atoms. The van der Waals surface area contributed by atoms with Crippen molar-refractivity contribution in [2.24, 2.45) is 0 Å². The van der Waals surface area contributed by atoms with Gasteiger partial charge in [0.15, 0.2) is 0 Å². The summed E-state index contributed by atoms with van der Waals surface area (Å²) in [6.45, 7) is 4.31. The molecule has 0 radical (unpaired) electrons.